The Morgan fingerprint density at radius 1 is 1.42 bits per heavy atom. The standard InChI is InChI=1S/C12H11BrN2O4/c1-19-9-3-2-6(4-8(9)13)11-7(5-10(16)17)12(18)15-14-11/h2-4H,5H2,1H3,(H,16,17)(H2,14,15,18). The molecule has 0 amide bonds. The van der Waals surface area contributed by atoms with Gasteiger partial charge in [-0.2, -0.15) is 0 Å². The molecular weight excluding hydrogens is 316 g/mol. The number of methoxy groups -OCH3 is 1. The van der Waals surface area contributed by atoms with Crippen LogP contribution in [0.4, 0.5) is 0 Å². The summed E-state index contributed by atoms with van der Waals surface area (Å²) in [7, 11) is 1.55. The highest BCUT2D eigenvalue weighted by atomic mass is 79.9. The zero-order valence-corrected chi connectivity index (χ0v) is 11.6. The monoisotopic (exact) mass is 326 g/mol. The van der Waals surface area contributed by atoms with Crippen LogP contribution in [0, 0.1) is 0 Å². The SMILES string of the molecule is COc1ccc(-c2[nH][nH]c(=O)c2CC(=O)O)cc1Br. The van der Waals surface area contributed by atoms with Crippen molar-refractivity contribution in [3.63, 3.8) is 0 Å². The number of nitrogens with one attached hydrogen (secondary N) is 2. The lowest BCUT2D eigenvalue weighted by Crippen LogP contribution is -2.11. The van der Waals surface area contributed by atoms with E-state index in [1.807, 2.05) is 0 Å². The topological polar surface area (TPSA) is 95.2 Å². The van der Waals surface area contributed by atoms with E-state index in [2.05, 4.69) is 26.1 Å². The third-order valence-corrected chi connectivity index (χ3v) is 3.27. The zero-order chi connectivity index (χ0) is 14.0. The highest BCUT2D eigenvalue weighted by Gasteiger charge is 2.15. The fourth-order valence-corrected chi connectivity index (χ4v) is 2.31. The Balaban J connectivity index is 2.50. The maximum atomic E-state index is 11.6. The summed E-state index contributed by atoms with van der Waals surface area (Å²) in [4.78, 5) is 22.3. The number of carbonyl (C=O) groups is 1. The second-order valence-electron chi connectivity index (χ2n) is 3.85. The second-order valence-corrected chi connectivity index (χ2v) is 4.71. The van der Waals surface area contributed by atoms with Crippen LogP contribution in [-0.4, -0.2) is 28.4 Å². The van der Waals surface area contributed by atoms with Gasteiger partial charge in [0.1, 0.15) is 5.75 Å². The second kappa shape index (κ2) is 5.31. The van der Waals surface area contributed by atoms with Crippen LogP contribution >= 0.6 is 15.9 Å². The molecule has 19 heavy (non-hydrogen) atoms. The molecule has 0 aliphatic rings. The third-order valence-electron chi connectivity index (χ3n) is 2.65. The number of hydrogen-bond acceptors (Lipinski definition) is 3. The molecule has 6 nitrogen and oxygen atoms in total. The van der Waals surface area contributed by atoms with Gasteiger partial charge in [-0.25, -0.2) is 0 Å². The first-order valence-electron chi connectivity index (χ1n) is 5.38. The molecule has 1 heterocycles. The predicted molar refractivity (Wildman–Crippen MR) is 72.4 cm³/mol. The van der Waals surface area contributed by atoms with Gasteiger partial charge in [0, 0.05) is 5.56 Å². The van der Waals surface area contributed by atoms with Gasteiger partial charge >= 0.3 is 5.97 Å². The summed E-state index contributed by atoms with van der Waals surface area (Å²) in [5, 5.41) is 13.9. The summed E-state index contributed by atoms with van der Waals surface area (Å²) >= 11 is 3.34. The first-order valence-corrected chi connectivity index (χ1v) is 6.17. The first-order chi connectivity index (χ1) is 9.02. The van der Waals surface area contributed by atoms with Crippen molar-refractivity contribution < 1.29 is 14.6 Å². The summed E-state index contributed by atoms with van der Waals surface area (Å²) in [5.41, 5.74) is 0.937. The number of carboxylic acids is 1. The zero-order valence-electron chi connectivity index (χ0n) is 9.99. The molecule has 0 fully saturated rings. The van der Waals surface area contributed by atoms with Gasteiger partial charge in [-0.05, 0) is 34.1 Å². The Labute approximate surface area is 116 Å². The van der Waals surface area contributed by atoms with Crippen LogP contribution < -0.4 is 10.3 Å². The Bertz CT molecular complexity index is 675. The number of rotatable bonds is 4. The van der Waals surface area contributed by atoms with Gasteiger partial charge in [-0.1, -0.05) is 0 Å². The van der Waals surface area contributed by atoms with Gasteiger partial charge in [-0.3, -0.25) is 19.8 Å². The molecular formula is C12H11BrN2O4. The average Bonchev–Trinajstić information content (AvgIpc) is 2.70. The van der Waals surface area contributed by atoms with Gasteiger partial charge in [-0.15, -0.1) is 0 Å². The quantitative estimate of drug-likeness (QED) is 0.797. The molecule has 0 saturated heterocycles. The Morgan fingerprint density at radius 3 is 2.74 bits per heavy atom. The van der Waals surface area contributed by atoms with E-state index in [1.54, 1.807) is 25.3 Å². The van der Waals surface area contributed by atoms with Gasteiger partial charge in [0.05, 0.1) is 29.3 Å². The van der Waals surface area contributed by atoms with Crippen molar-refractivity contribution in [1.82, 2.24) is 10.2 Å². The average molecular weight is 327 g/mol. The Hall–Kier alpha value is -2.02. The van der Waals surface area contributed by atoms with Crippen molar-refractivity contribution in [3.05, 3.63) is 38.6 Å². The number of H-pyrrole nitrogens is 2. The minimum Gasteiger partial charge on any atom is -0.496 e. The van der Waals surface area contributed by atoms with E-state index in [9.17, 15) is 9.59 Å². The summed E-state index contributed by atoms with van der Waals surface area (Å²) in [6.07, 6.45) is -0.336. The highest BCUT2D eigenvalue weighted by Crippen LogP contribution is 2.30. The van der Waals surface area contributed by atoms with Crippen LogP contribution in [0.15, 0.2) is 27.5 Å². The lowest BCUT2D eigenvalue weighted by Gasteiger charge is -2.06. The number of hydrogen-bond donors (Lipinski definition) is 3. The van der Waals surface area contributed by atoms with Crippen molar-refractivity contribution >= 4 is 21.9 Å². The fourth-order valence-electron chi connectivity index (χ4n) is 1.77. The lowest BCUT2D eigenvalue weighted by atomic mass is 10.1. The van der Waals surface area contributed by atoms with Gasteiger partial charge < -0.3 is 9.84 Å². The minimum atomic E-state index is -1.06. The van der Waals surface area contributed by atoms with Gasteiger partial charge in [0.25, 0.3) is 5.56 Å². The summed E-state index contributed by atoms with van der Waals surface area (Å²) in [5.74, 6) is -0.402. The van der Waals surface area contributed by atoms with Crippen molar-refractivity contribution in [3.8, 4) is 17.0 Å². The van der Waals surface area contributed by atoms with E-state index in [-0.39, 0.29) is 12.0 Å². The predicted octanol–water partition coefficient (Wildman–Crippen LogP) is 1.77. The molecule has 100 valence electrons. The third kappa shape index (κ3) is 2.70. The summed E-state index contributed by atoms with van der Waals surface area (Å²) < 4.78 is 5.83. The highest BCUT2D eigenvalue weighted by molar-refractivity contribution is 9.10. The smallest absolute Gasteiger partial charge is 0.308 e. The normalized spacial score (nSPS) is 10.4. The molecule has 0 bridgehead atoms. The van der Waals surface area contributed by atoms with E-state index in [1.165, 1.54) is 0 Å². The number of benzene rings is 1. The molecule has 0 aliphatic heterocycles. The maximum absolute atomic E-state index is 11.6. The van der Waals surface area contributed by atoms with E-state index in [0.717, 1.165) is 4.47 Å². The fraction of sp³-hybridized carbons (Fsp3) is 0.167. The molecule has 3 N–H and O–H groups in total. The van der Waals surface area contributed by atoms with E-state index in [0.29, 0.717) is 17.0 Å². The lowest BCUT2D eigenvalue weighted by molar-refractivity contribution is -0.136. The molecule has 0 radical (unpaired) electrons. The van der Waals surface area contributed by atoms with E-state index in [4.69, 9.17) is 9.84 Å². The summed E-state index contributed by atoms with van der Waals surface area (Å²) in [6, 6.07) is 5.23. The van der Waals surface area contributed by atoms with Gasteiger partial charge in [0.15, 0.2) is 0 Å². The number of ether oxygens (including phenoxy) is 1. The Kier molecular flexibility index (Phi) is 3.75. The molecule has 0 saturated carbocycles. The van der Waals surface area contributed by atoms with Crippen LogP contribution in [-0.2, 0) is 11.2 Å². The van der Waals surface area contributed by atoms with Crippen molar-refractivity contribution in [1.29, 1.82) is 0 Å². The van der Waals surface area contributed by atoms with E-state index < -0.39 is 11.5 Å². The Morgan fingerprint density at radius 2 is 2.16 bits per heavy atom. The minimum absolute atomic E-state index is 0.199. The molecule has 1 aromatic heterocycles. The summed E-state index contributed by atoms with van der Waals surface area (Å²) in [6.45, 7) is 0. The van der Waals surface area contributed by atoms with Crippen molar-refractivity contribution in [2.45, 2.75) is 6.42 Å². The first kappa shape index (κ1) is 13.4. The number of aromatic nitrogens is 2. The van der Waals surface area contributed by atoms with Crippen molar-refractivity contribution in [2.75, 3.05) is 7.11 Å². The number of halogens is 1. The number of aliphatic carboxylic acids is 1. The molecule has 2 aromatic rings. The number of aromatic amines is 2. The molecule has 0 unspecified atom stereocenters. The van der Waals surface area contributed by atoms with Crippen molar-refractivity contribution in [2.24, 2.45) is 0 Å². The van der Waals surface area contributed by atoms with Crippen LogP contribution in [0.3, 0.4) is 0 Å². The molecule has 0 atom stereocenters. The molecule has 1 aromatic carbocycles. The van der Waals surface area contributed by atoms with Crippen LogP contribution in [0.5, 0.6) is 5.75 Å². The van der Waals surface area contributed by atoms with Crippen LogP contribution in [0.25, 0.3) is 11.3 Å². The number of carboxylic acid groups (broad SMARTS) is 1. The largest absolute Gasteiger partial charge is 0.496 e. The molecule has 7 heteroatoms. The van der Waals surface area contributed by atoms with Crippen LogP contribution in [0.2, 0.25) is 0 Å². The van der Waals surface area contributed by atoms with Crippen LogP contribution in [0.1, 0.15) is 5.56 Å². The van der Waals surface area contributed by atoms with Gasteiger partial charge in [0.2, 0.25) is 0 Å². The molecule has 0 aliphatic carbocycles. The van der Waals surface area contributed by atoms with E-state index >= 15 is 0 Å². The molecule has 2 rings (SSSR count). The maximum Gasteiger partial charge on any atom is 0.308 e. The molecule has 0 spiro atoms.